The largest absolute Gasteiger partial charge is 0.497 e. The molecule has 3 N–H and O–H groups in total. The molecule has 0 spiro atoms. The Morgan fingerprint density at radius 1 is 1.36 bits per heavy atom. The number of carbonyl (C=O) groups is 1. The predicted molar refractivity (Wildman–Crippen MR) is 79.1 cm³/mol. The Morgan fingerprint density at radius 2 is 2.09 bits per heavy atom. The fourth-order valence-electron chi connectivity index (χ4n) is 1.94. The van der Waals surface area contributed by atoms with Crippen LogP contribution in [-0.4, -0.2) is 35.4 Å². The highest BCUT2D eigenvalue weighted by Gasteiger charge is 2.17. The molecule has 7 heteroatoms. The zero-order valence-corrected chi connectivity index (χ0v) is 12.5. The normalized spacial score (nSPS) is 12.0. The molecule has 1 amide bonds. The number of ether oxygens (including phenoxy) is 2. The first-order chi connectivity index (χ1) is 10.6. The van der Waals surface area contributed by atoms with Crippen molar-refractivity contribution in [2.75, 3.05) is 14.2 Å². The molecule has 2 rings (SSSR count). The Balaban J connectivity index is 1.89. The van der Waals surface area contributed by atoms with Gasteiger partial charge in [0, 0.05) is 7.11 Å². The molecule has 2 aromatic rings. The lowest BCUT2D eigenvalue weighted by Crippen LogP contribution is -2.28. The molecule has 0 aliphatic carbocycles. The minimum atomic E-state index is -1.23. The predicted octanol–water partition coefficient (Wildman–Crippen LogP) is 0.915. The summed E-state index contributed by atoms with van der Waals surface area (Å²) in [7, 11) is 3.14. The molecule has 0 saturated carbocycles. The standard InChI is InChI=1S/C15H19N3O4/c1-21-9-12-7-11(17-18-12)8-16-15(20)14(19)10-3-5-13(22-2)6-4-10/h3-7,14,19H,8-9H2,1-2H3,(H,16,20)(H,17,18)/t14-/m0/s1. The topological polar surface area (TPSA) is 96.5 Å². The molecule has 0 unspecified atom stereocenters. The minimum absolute atomic E-state index is 0.253. The van der Waals surface area contributed by atoms with Gasteiger partial charge in [0.05, 0.1) is 31.6 Å². The van der Waals surface area contributed by atoms with Gasteiger partial charge in [0.1, 0.15) is 5.75 Å². The second-order valence-electron chi connectivity index (χ2n) is 4.71. The van der Waals surface area contributed by atoms with Gasteiger partial charge in [0.25, 0.3) is 5.91 Å². The Labute approximate surface area is 128 Å². The van der Waals surface area contributed by atoms with Gasteiger partial charge < -0.3 is 19.9 Å². The van der Waals surface area contributed by atoms with Crippen LogP contribution in [0.3, 0.4) is 0 Å². The van der Waals surface area contributed by atoms with Gasteiger partial charge in [-0.05, 0) is 23.8 Å². The lowest BCUT2D eigenvalue weighted by atomic mass is 10.1. The average Bonchev–Trinajstić information content (AvgIpc) is 3.00. The van der Waals surface area contributed by atoms with Crippen molar-refractivity contribution in [1.82, 2.24) is 15.5 Å². The smallest absolute Gasteiger partial charge is 0.253 e. The first-order valence-corrected chi connectivity index (χ1v) is 6.76. The number of rotatable bonds is 7. The van der Waals surface area contributed by atoms with Crippen molar-refractivity contribution in [2.24, 2.45) is 0 Å². The summed E-state index contributed by atoms with van der Waals surface area (Å²) in [6.07, 6.45) is -1.23. The number of aromatic amines is 1. The number of nitrogens with one attached hydrogen (secondary N) is 2. The maximum Gasteiger partial charge on any atom is 0.253 e. The average molecular weight is 305 g/mol. The molecular weight excluding hydrogens is 286 g/mol. The van der Waals surface area contributed by atoms with Gasteiger partial charge in [-0.2, -0.15) is 5.10 Å². The first kappa shape index (κ1) is 16.0. The van der Waals surface area contributed by atoms with Gasteiger partial charge in [-0.3, -0.25) is 9.89 Å². The third-order valence-electron chi connectivity index (χ3n) is 3.11. The number of carbonyl (C=O) groups excluding carboxylic acids is 1. The third kappa shape index (κ3) is 4.06. The van der Waals surface area contributed by atoms with Crippen LogP contribution in [-0.2, 0) is 22.7 Å². The molecule has 22 heavy (non-hydrogen) atoms. The van der Waals surface area contributed by atoms with Crippen LogP contribution in [0.15, 0.2) is 30.3 Å². The number of hydrogen-bond acceptors (Lipinski definition) is 5. The number of amides is 1. The second kappa shape index (κ2) is 7.58. The van der Waals surface area contributed by atoms with Crippen LogP contribution in [0.5, 0.6) is 5.75 Å². The Hall–Kier alpha value is -2.38. The molecule has 0 fully saturated rings. The number of H-pyrrole nitrogens is 1. The van der Waals surface area contributed by atoms with Gasteiger partial charge >= 0.3 is 0 Å². The van der Waals surface area contributed by atoms with Crippen molar-refractivity contribution in [1.29, 1.82) is 0 Å². The van der Waals surface area contributed by atoms with Gasteiger partial charge in [-0.1, -0.05) is 12.1 Å². The van der Waals surface area contributed by atoms with Crippen LogP contribution in [0, 0.1) is 0 Å². The molecule has 0 saturated heterocycles. The van der Waals surface area contributed by atoms with E-state index in [9.17, 15) is 9.90 Å². The third-order valence-corrected chi connectivity index (χ3v) is 3.11. The maximum absolute atomic E-state index is 12.0. The Morgan fingerprint density at radius 3 is 2.73 bits per heavy atom. The Kier molecular flexibility index (Phi) is 5.51. The quantitative estimate of drug-likeness (QED) is 0.706. The van der Waals surface area contributed by atoms with Crippen LogP contribution in [0.2, 0.25) is 0 Å². The van der Waals surface area contributed by atoms with E-state index in [0.717, 1.165) is 11.4 Å². The summed E-state index contributed by atoms with van der Waals surface area (Å²) in [5.74, 6) is 0.188. The molecule has 1 aromatic carbocycles. The van der Waals surface area contributed by atoms with E-state index in [1.165, 1.54) is 0 Å². The van der Waals surface area contributed by atoms with Crippen molar-refractivity contribution < 1.29 is 19.4 Å². The summed E-state index contributed by atoms with van der Waals surface area (Å²) in [6, 6.07) is 8.48. The van der Waals surface area contributed by atoms with E-state index in [4.69, 9.17) is 9.47 Å². The van der Waals surface area contributed by atoms with Crippen LogP contribution in [0.25, 0.3) is 0 Å². The highest BCUT2D eigenvalue weighted by atomic mass is 16.5. The molecule has 1 atom stereocenters. The fourth-order valence-corrected chi connectivity index (χ4v) is 1.94. The van der Waals surface area contributed by atoms with Crippen molar-refractivity contribution in [3.63, 3.8) is 0 Å². The molecule has 7 nitrogen and oxygen atoms in total. The van der Waals surface area contributed by atoms with Crippen LogP contribution >= 0.6 is 0 Å². The molecular formula is C15H19N3O4. The van der Waals surface area contributed by atoms with E-state index < -0.39 is 12.0 Å². The number of aromatic nitrogens is 2. The molecule has 0 radical (unpaired) electrons. The summed E-state index contributed by atoms with van der Waals surface area (Å²) in [6.45, 7) is 0.654. The molecule has 1 aromatic heterocycles. The number of aliphatic hydroxyl groups excluding tert-OH is 1. The summed E-state index contributed by atoms with van der Waals surface area (Å²) in [5, 5.41) is 19.5. The Bertz CT molecular complexity index is 610. The number of benzene rings is 1. The van der Waals surface area contributed by atoms with Crippen LogP contribution in [0.1, 0.15) is 23.1 Å². The minimum Gasteiger partial charge on any atom is -0.497 e. The molecule has 118 valence electrons. The number of methoxy groups -OCH3 is 2. The summed E-state index contributed by atoms with van der Waals surface area (Å²) in [5.41, 5.74) is 1.99. The molecule has 0 aliphatic heterocycles. The van der Waals surface area contributed by atoms with Crippen molar-refractivity contribution in [2.45, 2.75) is 19.3 Å². The summed E-state index contributed by atoms with van der Waals surface area (Å²) in [4.78, 5) is 12.0. The van der Waals surface area contributed by atoms with Gasteiger partial charge in [0.2, 0.25) is 0 Å². The van der Waals surface area contributed by atoms with Crippen molar-refractivity contribution >= 4 is 5.91 Å². The highest BCUT2D eigenvalue weighted by molar-refractivity contribution is 5.81. The maximum atomic E-state index is 12.0. The van der Waals surface area contributed by atoms with E-state index >= 15 is 0 Å². The van der Waals surface area contributed by atoms with Crippen LogP contribution < -0.4 is 10.1 Å². The SMILES string of the molecule is COCc1cc(CNC(=O)[C@@H](O)c2ccc(OC)cc2)[nH]n1. The number of aliphatic hydroxyl groups is 1. The number of nitrogens with zero attached hydrogens (tertiary/aromatic N) is 1. The van der Waals surface area contributed by atoms with E-state index in [0.29, 0.717) is 17.9 Å². The molecule has 1 heterocycles. The fraction of sp³-hybridized carbons (Fsp3) is 0.333. The zero-order valence-electron chi connectivity index (χ0n) is 12.5. The van der Waals surface area contributed by atoms with Gasteiger partial charge in [-0.15, -0.1) is 0 Å². The van der Waals surface area contributed by atoms with Crippen molar-refractivity contribution in [3.8, 4) is 5.75 Å². The van der Waals surface area contributed by atoms with Crippen LogP contribution in [0.4, 0.5) is 0 Å². The number of hydrogen-bond donors (Lipinski definition) is 3. The lowest BCUT2D eigenvalue weighted by Gasteiger charge is -2.11. The van der Waals surface area contributed by atoms with E-state index in [1.807, 2.05) is 0 Å². The summed E-state index contributed by atoms with van der Waals surface area (Å²) < 4.78 is 10.00. The second-order valence-corrected chi connectivity index (χ2v) is 4.71. The van der Waals surface area contributed by atoms with Crippen molar-refractivity contribution in [3.05, 3.63) is 47.3 Å². The van der Waals surface area contributed by atoms with Gasteiger partial charge in [-0.25, -0.2) is 0 Å². The lowest BCUT2D eigenvalue weighted by molar-refractivity contribution is -0.129. The summed E-state index contributed by atoms with van der Waals surface area (Å²) >= 11 is 0. The highest BCUT2D eigenvalue weighted by Crippen LogP contribution is 2.17. The molecule has 0 aliphatic rings. The van der Waals surface area contributed by atoms with Gasteiger partial charge in [0.15, 0.2) is 6.10 Å². The van der Waals surface area contributed by atoms with E-state index in [-0.39, 0.29) is 6.54 Å². The monoisotopic (exact) mass is 305 g/mol. The zero-order chi connectivity index (χ0) is 15.9. The van der Waals surface area contributed by atoms with E-state index in [2.05, 4.69) is 15.5 Å². The molecule has 0 bridgehead atoms. The first-order valence-electron chi connectivity index (χ1n) is 6.76. The van der Waals surface area contributed by atoms with E-state index in [1.54, 1.807) is 44.6 Å².